The van der Waals surface area contributed by atoms with Gasteiger partial charge in [0.15, 0.2) is 5.13 Å². The average molecular weight is 297 g/mol. The normalized spacial score (nSPS) is 14.6. The minimum atomic E-state index is -0.0339. The van der Waals surface area contributed by atoms with Crippen molar-refractivity contribution in [1.29, 1.82) is 0 Å². The zero-order chi connectivity index (χ0) is 14.5. The number of ether oxygens (including phenoxy) is 1. The van der Waals surface area contributed by atoms with Crippen LogP contribution in [0, 0.1) is 6.92 Å². The second-order valence-corrected chi connectivity index (χ2v) is 6.38. The minimum Gasteiger partial charge on any atom is -0.379 e. The number of nitrogens with zero attached hydrogens (tertiary/aromatic N) is 1. The van der Waals surface area contributed by atoms with E-state index >= 15 is 0 Å². The Kier molecular flexibility index (Phi) is 5.37. The third kappa shape index (κ3) is 4.76. The molecule has 0 saturated heterocycles. The summed E-state index contributed by atoms with van der Waals surface area (Å²) in [5, 5.41) is 7.11. The van der Waals surface area contributed by atoms with Gasteiger partial charge in [0.1, 0.15) is 4.88 Å². The van der Waals surface area contributed by atoms with Gasteiger partial charge in [0.2, 0.25) is 0 Å². The summed E-state index contributed by atoms with van der Waals surface area (Å²) in [7, 11) is 0. The smallest absolute Gasteiger partial charge is 0.263 e. The van der Waals surface area contributed by atoms with Crippen LogP contribution in [-0.2, 0) is 4.74 Å². The highest BCUT2D eigenvalue weighted by Crippen LogP contribution is 2.29. The maximum atomic E-state index is 12.1. The van der Waals surface area contributed by atoms with Gasteiger partial charge in [-0.2, -0.15) is 0 Å². The third-order valence-corrected chi connectivity index (χ3v) is 4.05. The number of anilines is 1. The van der Waals surface area contributed by atoms with Crippen LogP contribution in [0.3, 0.4) is 0 Å². The molecule has 112 valence electrons. The van der Waals surface area contributed by atoms with Crippen molar-refractivity contribution in [2.45, 2.75) is 52.2 Å². The van der Waals surface area contributed by atoms with E-state index in [0.717, 1.165) is 17.2 Å². The second kappa shape index (κ2) is 7.04. The van der Waals surface area contributed by atoms with Crippen LogP contribution in [0.5, 0.6) is 0 Å². The maximum absolute atomic E-state index is 12.1. The molecule has 2 rings (SSSR count). The summed E-state index contributed by atoms with van der Waals surface area (Å²) >= 11 is 1.44. The highest BCUT2D eigenvalue weighted by molar-refractivity contribution is 7.17. The Morgan fingerprint density at radius 1 is 1.50 bits per heavy atom. The van der Waals surface area contributed by atoms with Crippen LogP contribution in [0.2, 0.25) is 0 Å². The Labute approximate surface area is 124 Å². The van der Waals surface area contributed by atoms with Gasteiger partial charge in [-0.05, 0) is 40.0 Å². The first-order valence-electron chi connectivity index (χ1n) is 7.20. The van der Waals surface area contributed by atoms with Gasteiger partial charge in [0.25, 0.3) is 5.91 Å². The first-order chi connectivity index (χ1) is 9.56. The molecule has 2 N–H and O–H groups in total. The van der Waals surface area contributed by atoms with Gasteiger partial charge in [0.05, 0.1) is 11.8 Å². The molecule has 5 nitrogen and oxygen atoms in total. The standard InChI is InChI=1S/C14H23N3O2S/c1-9(2)19-8-4-7-15-13(18)12-10(3)16-14(20-12)17-11-5-6-11/h9,11H,4-8H2,1-3H3,(H,15,18)(H,16,17). The molecule has 0 spiro atoms. The lowest BCUT2D eigenvalue weighted by Gasteiger charge is -2.07. The molecule has 20 heavy (non-hydrogen) atoms. The van der Waals surface area contributed by atoms with E-state index in [4.69, 9.17) is 4.74 Å². The fourth-order valence-electron chi connectivity index (χ4n) is 1.74. The van der Waals surface area contributed by atoms with Crippen LogP contribution < -0.4 is 10.6 Å². The number of carbonyl (C=O) groups excluding carboxylic acids is 1. The maximum Gasteiger partial charge on any atom is 0.263 e. The molecule has 1 saturated carbocycles. The third-order valence-electron chi connectivity index (χ3n) is 2.97. The summed E-state index contributed by atoms with van der Waals surface area (Å²) < 4.78 is 5.44. The molecule has 1 aromatic rings. The molecule has 0 radical (unpaired) electrons. The molecule has 1 fully saturated rings. The molecular formula is C14H23N3O2S. The Bertz CT molecular complexity index is 455. The lowest BCUT2D eigenvalue weighted by atomic mass is 10.3. The Morgan fingerprint density at radius 2 is 2.25 bits per heavy atom. The summed E-state index contributed by atoms with van der Waals surface area (Å²) in [6.45, 7) is 7.20. The zero-order valence-electron chi connectivity index (χ0n) is 12.4. The van der Waals surface area contributed by atoms with Crippen LogP contribution in [-0.4, -0.2) is 36.2 Å². The molecule has 0 bridgehead atoms. The molecule has 1 amide bonds. The summed E-state index contributed by atoms with van der Waals surface area (Å²) in [5.74, 6) is -0.0339. The number of aromatic nitrogens is 1. The van der Waals surface area contributed by atoms with Crippen molar-refractivity contribution in [3.8, 4) is 0 Å². The minimum absolute atomic E-state index is 0.0339. The van der Waals surface area contributed by atoms with Crippen molar-refractivity contribution >= 4 is 22.4 Å². The van der Waals surface area contributed by atoms with Crippen LogP contribution in [0.1, 0.15) is 48.5 Å². The number of thiazole rings is 1. The van der Waals surface area contributed by atoms with Crippen LogP contribution in [0.15, 0.2) is 0 Å². The SMILES string of the molecule is Cc1nc(NC2CC2)sc1C(=O)NCCCOC(C)C. The van der Waals surface area contributed by atoms with Gasteiger partial charge >= 0.3 is 0 Å². The summed E-state index contributed by atoms with van der Waals surface area (Å²) in [5.41, 5.74) is 0.800. The molecule has 0 aliphatic heterocycles. The highest BCUT2D eigenvalue weighted by Gasteiger charge is 2.23. The largest absolute Gasteiger partial charge is 0.379 e. The van der Waals surface area contributed by atoms with Crippen molar-refractivity contribution < 1.29 is 9.53 Å². The highest BCUT2D eigenvalue weighted by atomic mass is 32.1. The number of amides is 1. The number of carbonyl (C=O) groups is 1. The Morgan fingerprint density at radius 3 is 2.90 bits per heavy atom. The Balaban J connectivity index is 1.75. The van der Waals surface area contributed by atoms with Crippen LogP contribution >= 0.6 is 11.3 Å². The van der Waals surface area contributed by atoms with Gasteiger partial charge in [-0.25, -0.2) is 4.98 Å². The molecule has 0 aromatic carbocycles. The monoisotopic (exact) mass is 297 g/mol. The number of nitrogens with one attached hydrogen (secondary N) is 2. The molecule has 0 unspecified atom stereocenters. The molecule has 0 atom stereocenters. The van der Waals surface area contributed by atoms with Gasteiger partial charge < -0.3 is 15.4 Å². The Hall–Kier alpha value is -1.14. The van der Waals surface area contributed by atoms with Crippen molar-refractivity contribution in [3.05, 3.63) is 10.6 Å². The van der Waals surface area contributed by atoms with Crippen molar-refractivity contribution in [1.82, 2.24) is 10.3 Å². The molecule has 6 heteroatoms. The number of rotatable bonds is 8. The van der Waals surface area contributed by atoms with E-state index in [9.17, 15) is 4.79 Å². The predicted molar refractivity (Wildman–Crippen MR) is 81.5 cm³/mol. The molecule has 1 aliphatic rings. The van der Waals surface area contributed by atoms with E-state index in [-0.39, 0.29) is 12.0 Å². The topological polar surface area (TPSA) is 63.2 Å². The molecule has 1 aromatic heterocycles. The first kappa shape index (κ1) is 15.3. The summed E-state index contributed by atoms with van der Waals surface area (Å²) in [6, 6.07) is 0.560. The summed E-state index contributed by atoms with van der Waals surface area (Å²) in [4.78, 5) is 17.2. The fraction of sp³-hybridized carbons (Fsp3) is 0.714. The van der Waals surface area contributed by atoms with E-state index in [1.165, 1.54) is 24.2 Å². The van der Waals surface area contributed by atoms with E-state index in [0.29, 0.717) is 24.1 Å². The number of hydrogen-bond donors (Lipinski definition) is 2. The number of hydrogen-bond acceptors (Lipinski definition) is 5. The molecule has 1 aliphatic carbocycles. The van der Waals surface area contributed by atoms with Crippen molar-refractivity contribution in [2.75, 3.05) is 18.5 Å². The molecule has 1 heterocycles. The van der Waals surface area contributed by atoms with Crippen molar-refractivity contribution in [2.24, 2.45) is 0 Å². The average Bonchev–Trinajstić information content (AvgIpc) is 3.10. The first-order valence-corrected chi connectivity index (χ1v) is 8.01. The van der Waals surface area contributed by atoms with E-state index in [2.05, 4.69) is 15.6 Å². The number of aryl methyl sites for hydroxylation is 1. The second-order valence-electron chi connectivity index (χ2n) is 5.38. The lowest BCUT2D eigenvalue weighted by molar-refractivity contribution is 0.0757. The van der Waals surface area contributed by atoms with Gasteiger partial charge in [-0.15, -0.1) is 0 Å². The summed E-state index contributed by atoms with van der Waals surface area (Å²) in [6.07, 6.45) is 3.48. The fourth-order valence-corrected chi connectivity index (χ4v) is 2.70. The van der Waals surface area contributed by atoms with E-state index < -0.39 is 0 Å². The van der Waals surface area contributed by atoms with E-state index in [1.807, 2.05) is 20.8 Å². The van der Waals surface area contributed by atoms with Gasteiger partial charge in [-0.3, -0.25) is 4.79 Å². The quantitative estimate of drug-likeness (QED) is 0.724. The van der Waals surface area contributed by atoms with Crippen LogP contribution in [0.25, 0.3) is 0 Å². The van der Waals surface area contributed by atoms with Gasteiger partial charge in [-0.1, -0.05) is 11.3 Å². The van der Waals surface area contributed by atoms with Gasteiger partial charge in [0, 0.05) is 19.2 Å². The van der Waals surface area contributed by atoms with Crippen LogP contribution in [0.4, 0.5) is 5.13 Å². The molecular weight excluding hydrogens is 274 g/mol. The van der Waals surface area contributed by atoms with E-state index in [1.54, 1.807) is 0 Å². The lowest BCUT2D eigenvalue weighted by Crippen LogP contribution is -2.25. The predicted octanol–water partition coefficient (Wildman–Crippen LogP) is 2.57. The van der Waals surface area contributed by atoms with Crippen molar-refractivity contribution in [3.63, 3.8) is 0 Å². The zero-order valence-corrected chi connectivity index (χ0v) is 13.2.